The number of aliphatic hydroxyl groups is 1. The van der Waals surface area contributed by atoms with E-state index in [0.717, 1.165) is 17.9 Å². The standard InChI is InChI=1S/C14H21NO3S2/c1-2-14(16)12-4-3-5-13(8-12)20(17,18)15-9-11-6-7-19-10-11/h3-5,8,11,14-16H,2,6-7,9-10H2,1H3. The zero-order valence-corrected chi connectivity index (χ0v) is 13.2. The van der Waals surface area contributed by atoms with Gasteiger partial charge in [-0.05, 0) is 48.0 Å². The summed E-state index contributed by atoms with van der Waals surface area (Å²) in [5, 5.41) is 9.80. The zero-order valence-electron chi connectivity index (χ0n) is 11.6. The topological polar surface area (TPSA) is 66.4 Å². The van der Waals surface area contributed by atoms with Crippen LogP contribution in [0.25, 0.3) is 0 Å². The van der Waals surface area contributed by atoms with Crippen molar-refractivity contribution in [3.8, 4) is 0 Å². The van der Waals surface area contributed by atoms with Gasteiger partial charge in [-0.3, -0.25) is 0 Å². The lowest BCUT2D eigenvalue weighted by Gasteiger charge is -2.13. The summed E-state index contributed by atoms with van der Waals surface area (Å²) in [5.74, 6) is 2.57. The summed E-state index contributed by atoms with van der Waals surface area (Å²) in [6.45, 7) is 2.36. The number of nitrogens with one attached hydrogen (secondary N) is 1. The van der Waals surface area contributed by atoms with Crippen molar-refractivity contribution in [2.75, 3.05) is 18.1 Å². The highest BCUT2D eigenvalue weighted by Crippen LogP contribution is 2.24. The van der Waals surface area contributed by atoms with Crippen LogP contribution in [0.1, 0.15) is 31.4 Å². The third-order valence-corrected chi connectivity index (χ3v) is 6.18. The van der Waals surface area contributed by atoms with Gasteiger partial charge in [0.1, 0.15) is 0 Å². The lowest BCUT2D eigenvalue weighted by molar-refractivity contribution is 0.173. The predicted octanol–water partition coefficient (Wildman–Crippen LogP) is 2.16. The molecule has 2 rings (SSSR count). The lowest BCUT2D eigenvalue weighted by atomic mass is 10.1. The third-order valence-electron chi connectivity index (χ3n) is 3.53. The SMILES string of the molecule is CCC(O)c1cccc(S(=O)(=O)NCC2CCSC2)c1. The van der Waals surface area contributed by atoms with Crippen molar-refractivity contribution in [1.82, 2.24) is 4.72 Å². The van der Waals surface area contributed by atoms with Gasteiger partial charge in [-0.1, -0.05) is 19.1 Å². The average molecular weight is 315 g/mol. The summed E-state index contributed by atoms with van der Waals surface area (Å²) >= 11 is 1.87. The van der Waals surface area contributed by atoms with Gasteiger partial charge in [0.05, 0.1) is 11.0 Å². The Kier molecular flexibility index (Phi) is 5.49. The lowest BCUT2D eigenvalue weighted by Crippen LogP contribution is -2.29. The number of rotatable bonds is 6. The summed E-state index contributed by atoms with van der Waals surface area (Å²) in [6, 6.07) is 6.55. The second-order valence-electron chi connectivity index (χ2n) is 5.08. The first-order valence-corrected chi connectivity index (χ1v) is 9.52. The Morgan fingerprint density at radius 3 is 2.95 bits per heavy atom. The van der Waals surface area contributed by atoms with Crippen molar-refractivity contribution in [3.63, 3.8) is 0 Å². The molecule has 20 heavy (non-hydrogen) atoms. The molecule has 1 heterocycles. The normalized spacial score (nSPS) is 21.0. The fourth-order valence-corrected chi connectivity index (χ4v) is 4.64. The van der Waals surface area contributed by atoms with Crippen LogP contribution >= 0.6 is 11.8 Å². The molecule has 1 saturated heterocycles. The molecule has 1 fully saturated rings. The summed E-state index contributed by atoms with van der Waals surface area (Å²) in [5.41, 5.74) is 0.645. The Bertz CT molecular complexity index is 539. The van der Waals surface area contributed by atoms with Crippen LogP contribution < -0.4 is 4.72 Å². The van der Waals surface area contributed by atoms with Gasteiger partial charge in [0, 0.05) is 6.54 Å². The van der Waals surface area contributed by atoms with Gasteiger partial charge in [-0.25, -0.2) is 13.1 Å². The molecule has 2 N–H and O–H groups in total. The van der Waals surface area contributed by atoms with E-state index in [1.807, 2.05) is 18.7 Å². The number of hydrogen-bond acceptors (Lipinski definition) is 4. The van der Waals surface area contributed by atoms with Crippen molar-refractivity contribution < 1.29 is 13.5 Å². The molecule has 0 bridgehead atoms. The molecule has 2 unspecified atom stereocenters. The molecule has 0 amide bonds. The van der Waals surface area contributed by atoms with E-state index in [1.54, 1.807) is 24.3 Å². The number of benzene rings is 1. The summed E-state index contributed by atoms with van der Waals surface area (Å²) in [7, 11) is -3.48. The molecular formula is C14H21NO3S2. The quantitative estimate of drug-likeness (QED) is 0.844. The fraction of sp³-hybridized carbons (Fsp3) is 0.571. The van der Waals surface area contributed by atoms with Gasteiger partial charge in [-0.2, -0.15) is 11.8 Å². The maximum absolute atomic E-state index is 12.3. The van der Waals surface area contributed by atoms with E-state index < -0.39 is 16.1 Å². The smallest absolute Gasteiger partial charge is 0.240 e. The Hall–Kier alpha value is -0.560. The maximum atomic E-state index is 12.3. The highest BCUT2D eigenvalue weighted by atomic mass is 32.2. The molecule has 1 aromatic rings. The first-order chi connectivity index (χ1) is 9.53. The minimum Gasteiger partial charge on any atom is -0.388 e. The van der Waals surface area contributed by atoms with Crippen molar-refractivity contribution >= 4 is 21.8 Å². The zero-order chi connectivity index (χ0) is 14.6. The van der Waals surface area contributed by atoms with E-state index >= 15 is 0 Å². The summed E-state index contributed by atoms with van der Waals surface area (Å²) in [6.07, 6.45) is 1.02. The van der Waals surface area contributed by atoms with Crippen LogP contribution in [0, 0.1) is 5.92 Å². The Morgan fingerprint density at radius 1 is 1.50 bits per heavy atom. The molecule has 4 nitrogen and oxygen atoms in total. The van der Waals surface area contributed by atoms with Crippen molar-refractivity contribution in [2.45, 2.75) is 30.8 Å². The van der Waals surface area contributed by atoms with Gasteiger partial charge >= 0.3 is 0 Å². The maximum Gasteiger partial charge on any atom is 0.240 e. The van der Waals surface area contributed by atoms with E-state index in [2.05, 4.69) is 4.72 Å². The average Bonchev–Trinajstić information content (AvgIpc) is 2.98. The largest absolute Gasteiger partial charge is 0.388 e. The number of sulfonamides is 1. The van der Waals surface area contributed by atoms with E-state index in [1.165, 1.54) is 0 Å². The molecule has 1 aliphatic rings. The van der Waals surface area contributed by atoms with Crippen LogP contribution in [0.5, 0.6) is 0 Å². The molecule has 0 radical (unpaired) electrons. The van der Waals surface area contributed by atoms with Crippen LogP contribution in [0.2, 0.25) is 0 Å². The van der Waals surface area contributed by atoms with E-state index in [-0.39, 0.29) is 4.90 Å². The van der Waals surface area contributed by atoms with E-state index in [4.69, 9.17) is 0 Å². The monoisotopic (exact) mass is 315 g/mol. The van der Waals surface area contributed by atoms with Gasteiger partial charge in [0.15, 0.2) is 0 Å². The van der Waals surface area contributed by atoms with Gasteiger partial charge in [0.2, 0.25) is 10.0 Å². The minimum absolute atomic E-state index is 0.230. The predicted molar refractivity (Wildman–Crippen MR) is 82.3 cm³/mol. The molecule has 0 aliphatic carbocycles. The Labute approximate surface area is 125 Å². The van der Waals surface area contributed by atoms with Crippen LogP contribution in [-0.4, -0.2) is 31.6 Å². The van der Waals surface area contributed by atoms with E-state index in [0.29, 0.717) is 24.4 Å². The number of hydrogen-bond donors (Lipinski definition) is 2. The molecule has 112 valence electrons. The van der Waals surface area contributed by atoms with E-state index in [9.17, 15) is 13.5 Å². The van der Waals surface area contributed by atoms with Gasteiger partial charge in [0.25, 0.3) is 0 Å². The molecule has 1 aliphatic heterocycles. The van der Waals surface area contributed by atoms with Crippen LogP contribution in [0.4, 0.5) is 0 Å². The van der Waals surface area contributed by atoms with Crippen LogP contribution in [-0.2, 0) is 10.0 Å². The first kappa shape index (κ1) is 15.8. The third kappa shape index (κ3) is 3.97. The van der Waals surface area contributed by atoms with Crippen LogP contribution in [0.3, 0.4) is 0 Å². The molecule has 2 atom stereocenters. The summed E-state index contributed by atoms with van der Waals surface area (Å²) in [4.78, 5) is 0.230. The molecule has 1 aromatic carbocycles. The second-order valence-corrected chi connectivity index (χ2v) is 7.99. The number of aliphatic hydroxyl groups excluding tert-OH is 1. The molecular weight excluding hydrogens is 294 g/mol. The van der Waals surface area contributed by atoms with Crippen molar-refractivity contribution in [1.29, 1.82) is 0 Å². The molecule has 0 aromatic heterocycles. The summed E-state index contributed by atoms with van der Waals surface area (Å²) < 4.78 is 27.2. The Morgan fingerprint density at radius 2 is 2.30 bits per heavy atom. The first-order valence-electron chi connectivity index (χ1n) is 6.88. The van der Waals surface area contributed by atoms with Crippen LogP contribution in [0.15, 0.2) is 29.2 Å². The molecule has 0 spiro atoms. The highest BCUT2D eigenvalue weighted by molar-refractivity contribution is 7.99. The fourth-order valence-electron chi connectivity index (χ4n) is 2.18. The van der Waals surface area contributed by atoms with Crippen molar-refractivity contribution in [2.24, 2.45) is 5.92 Å². The number of thioether (sulfide) groups is 1. The Balaban J connectivity index is 2.08. The molecule has 0 saturated carbocycles. The van der Waals surface area contributed by atoms with Gasteiger partial charge < -0.3 is 5.11 Å². The molecule has 6 heteroatoms. The van der Waals surface area contributed by atoms with Gasteiger partial charge in [-0.15, -0.1) is 0 Å². The minimum atomic E-state index is -3.48. The van der Waals surface area contributed by atoms with Crippen molar-refractivity contribution in [3.05, 3.63) is 29.8 Å². The second kappa shape index (κ2) is 6.93. The highest BCUT2D eigenvalue weighted by Gasteiger charge is 2.20.